The molecular formula is C13H15N3O2. The van der Waals surface area contributed by atoms with Gasteiger partial charge in [-0.2, -0.15) is 5.10 Å². The van der Waals surface area contributed by atoms with E-state index in [4.69, 9.17) is 0 Å². The third-order valence-corrected chi connectivity index (χ3v) is 3.37. The van der Waals surface area contributed by atoms with Gasteiger partial charge in [0, 0.05) is 24.0 Å². The second-order valence-corrected chi connectivity index (χ2v) is 4.72. The summed E-state index contributed by atoms with van der Waals surface area (Å²) in [6.07, 6.45) is 2.98. The number of aromatic amines is 1. The summed E-state index contributed by atoms with van der Waals surface area (Å²) < 4.78 is 0. The average Bonchev–Trinajstić information content (AvgIpc) is 2.85. The van der Waals surface area contributed by atoms with E-state index in [1.807, 2.05) is 12.1 Å². The quantitative estimate of drug-likeness (QED) is 0.792. The van der Waals surface area contributed by atoms with E-state index in [2.05, 4.69) is 10.2 Å². The number of nitrogens with one attached hydrogen (secondary N) is 1. The molecule has 2 heterocycles. The van der Waals surface area contributed by atoms with Crippen LogP contribution in [0.3, 0.4) is 0 Å². The molecule has 1 saturated heterocycles. The lowest BCUT2D eigenvalue weighted by Gasteiger charge is -2.30. The van der Waals surface area contributed by atoms with Crippen LogP contribution in [0.5, 0.6) is 0 Å². The van der Waals surface area contributed by atoms with E-state index >= 15 is 0 Å². The monoisotopic (exact) mass is 245 g/mol. The van der Waals surface area contributed by atoms with Crippen molar-refractivity contribution < 1.29 is 9.90 Å². The standard InChI is InChI=1S/C13H15N3O2/c17-11-2-1-5-16(8-11)13(18)9-3-4-10-7-14-15-12(10)6-9/h3-4,6-7,11,17H,1-2,5,8H2,(H,14,15). The summed E-state index contributed by atoms with van der Waals surface area (Å²) in [5, 5.41) is 17.4. The lowest BCUT2D eigenvalue weighted by molar-refractivity contribution is 0.0474. The Morgan fingerprint density at radius 1 is 1.50 bits per heavy atom. The van der Waals surface area contributed by atoms with Gasteiger partial charge in [0.2, 0.25) is 0 Å². The largest absolute Gasteiger partial charge is 0.391 e. The number of aliphatic hydroxyl groups is 1. The smallest absolute Gasteiger partial charge is 0.254 e. The highest BCUT2D eigenvalue weighted by Crippen LogP contribution is 2.17. The van der Waals surface area contributed by atoms with Crippen molar-refractivity contribution in [3.8, 4) is 0 Å². The molecule has 0 saturated carbocycles. The third kappa shape index (κ3) is 1.97. The van der Waals surface area contributed by atoms with Crippen molar-refractivity contribution in [2.45, 2.75) is 18.9 Å². The summed E-state index contributed by atoms with van der Waals surface area (Å²) in [4.78, 5) is 14.0. The van der Waals surface area contributed by atoms with Crippen LogP contribution in [-0.4, -0.2) is 45.3 Å². The summed E-state index contributed by atoms with van der Waals surface area (Å²) in [7, 11) is 0. The summed E-state index contributed by atoms with van der Waals surface area (Å²) in [5.74, 6) is -0.0229. The number of carbonyl (C=O) groups excluding carboxylic acids is 1. The molecule has 1 fully saturated rings. The van der Waals surface area contributed by atoms with Gasteiger partial charge in [0.15, 0.2) is 0 Å². The first-order valence-electron chi connectivity index (χ1n) is 6.14. The van der Waals surface area contributed by atoms with Crippen molar-refractivity contribution >= 4 is 16.8 Å². The maximum atomic E-state index is 12.3. The molecule has 0 radical (unpaired) electrons. The number of H-pyrrole nitrogens is 1. The summed E-state index contributed by atoms with van der Waals surface area (Å²) in [6.45, 7) is 1.15. The minimum atomic E-state index is -0.390. The number of carbonyl (C=O) groups is 1. The number of aliphatic hydroxyl groups excluding tert-OH is 1. The Kier molecular flexibility index (Phi) is 2.76. The van der Waals surface area contributed by atoms with Crippen molar-refractivity contribution in [3.63, 3.8) is 0 Å². The summed E-state index contributed by atoms with van der Waals surface area (Å²) >= 11 is 0. The number of fused-ring (bicyclic) bond motifs is 1. The van der Waals surface area contributed by atoms with Gasteiger partial charge in [0.05, 0.1) is 17.8 Å². The number of aromatic nitrogens is 2. The minimum Gasteiger partial charge on any atom is -0.391 e. The van der Waals surface area contributed by atoms with E-state index in [1.165, 1.54) is 0 Å². The average molecular weight is 245 g/mol. The predicted molar refractivity (Wildman–Crippen MR) is 67.2 cm³/mol. The van der Waals surface area contributed by atoms with Crippen molar-refractivity contribution in [2.24, 2.45) is 0 Å². The molecule has 5 heteroatoms. The molecule has 1 aliphatic rings. The van der Waals surface area contributed by atoms with Gasteiger partial charge in [-0.25, -0.2) is 0 Å². The van der Waals surface area contributed by atoms with Gasteiger partial charge in [-0.15, -0.1) is 0 Å². The SMILES string of the molecule is O=C(c1ccc2cn[nH]c2c1)N1CCCC(O)C1. The Hall–Kier alpha value is -1.88. The maximum absolute atomic E-state index is 12.3. The van der Waals surface area contributed by atoms with Gasteiger partial charge in [-0.3, -0.25) is 9.89 Å². The van der Waals surface area contributed by atoms with Crippen LogP contribution in [0.4, 0.5) is 0 Å². The van der Waals surface area contributed by atoms with Gasteiger partial charge >= 0.3 is 0 Å². The van der Waals surface area contributed by atoms with Crippen LogP contribution in [0.25, 0.3) is 10.9 Å². The predicted octanol–water partition coefficient (Wildman–Crippen LogP) is 1.16. The lowest BCUT2D eigenvalue weighted by Crippen LogP contribution is -2.42. The second kappa shape index (κ2) is 4.42. The Morgan fingerprint density at radius 3 is 3.22 bits per heavy atom. The fraction of sp³-hybridized carbons (Fsp3) is 0.385. The zero-order valence-electron chi connectivity index (χ0n) is 9.97. The van der Waals surface area contributed by atoms with Crippen LogP contribution in [-0.2, 0) is 0 Å². The first-order valence-corrected chi connectivity index (χ1v) is 6.14. The Labute approximate surface area is 104 Å². The van der Waals surface area contributed by atoms with Gasteiger partial charge in [-0.05, 0) is 25.0 Å². The van der Waals surface area contributed by atoms with E-state index in [0.29, 0.717) is 12.1 Å². The third-order valence-electron chi connectivity index (χ3n) is 3.37. The molecule has 3 rings (SSSR count). The molecule has 2 N–H and O–H groups in total. The molecule has 1 aliphatic heterocycles. The molecule has 1 aromatic heterocycles. The highest BCUT2D eigenvalue weighted by molar-refractivity contribution is 5.97. The number of nitrogens with zero attached hydrogens (tertiary/aromatic N) is 2. The lowest BCUT2D eigenvalue weighted by atomic mass is 10.1. The van der Waals surface area contributed by atoms with E-state index in [1.54, 1.807) is 17.2 Å². The summed E-state index contributed by atoms with van der Waals surface area (Å²) in [5.41, 5.74) is 1.50. The molecule has 0 aliphatic carbocycles. The first kappa shape index (κ1) is 11.2. The van der Waals surface area contributed by atoms with Crippen molar-refractivity contribution in [3.05, 3.63) is 30.0 Å². The Bertz CT molecular complexity index is 578. The normalized spacial score (nSPS) is 20.3. The van der Waals surface area contributed by atoms with Gasteiger partial charge in [0.25, 0.3) is 5.91 Å². The molecule has 18 heavy (non-hydrogen) atoms. The van der Waals surface area contributed by atoms with Crippen molar-refractivity contribution in [1.82, 2.24) is 15.1 Å². The number of hydrogen-bond acceptors (Lipinski definition) is 3. The van der Waals surface area contributed by atoms with Gasteiger partial charge in [0.1, 0.15) is 0 Å². The van der Waals surface area contributed by atoms with E-state index < -0.39 is 6.10 Å². The van der Waals surface area contributed by atoms with Crippen LogP contribution in [0, 0.1) is 0 Å². The number of benzene rings is 1. The molecular weight excluding hydrogens is 230 g/mol. The van der Waals surface area contributed by atoms with Crippen molar-refractivity contribution in [1.29, 1.82) is 0 Å². The fourth-order valence-electron chi connectivity index (χ4n) is 2.39. The maximum Gasteiger partial charge on any atom is 0.254 e. The summed E-state index contributed by atoms with van der Waals surface area (Å²) in [6, 6.07) is 5.50. The van der Waals surface area contributed by atoms with Crippen LogP contribution in [0.1, 0.15) is 23.2 Å². The molecule has 94 valence electrons. The molecule has 0 bridgehead atoms. The fourth-order valence-corrected chi connectivity index (χ4v) is 2.39. The van der Waals surface area contributed by atoms with Crippen LogP contribution >= 0.6 is 0 Å². The first-order chi connectivity index (χ1) is 8.74. The zero-order valence-corrected chi connectivity index (χ0v) is 9.97. The Morgan fingerprint density at radius 2 is 2.39 bits per heavy atom. The van der Waals surface area contributed by atoms with E-state index in [-0.39, 0.29) is 5.91 Å². The topological polar surface area (TPSA) is 69.2 Å². The van der Waals surface area contributed by atoms with Crippen LogP contribution in [0.2, 0.25) is 0 Å². The highest BCUT2D eigenvalue weighted by Gasteiger charge is 2.23. The number of rotatable bonds is 1. The highest BCUT2D eigenvalue weighted by atomic mass is 16.3. The molecule has 1 unspecified atom stereocenters. The van der Waals surface area contributed by atoms with Gasteiger partial charge < -0.3 is 10.0 Å². The van der Waals surface area contributed by atoms with E-state index in [9.17, 15) is 9.90 Å². The molecule has 5 nitrogen and oxygen atoms in total. The van der Waals surface area contributed by atoms with Crippen LogP contribution in [0.15, 0.2) is 24.4 Å². The second-order valence-electron chi connectivity index (χ2n) is 4.72. The molecule has 1 aromatic carbocycles. The minimum absolute atomic E-state index is 0.0229. The Balaban J connectivity index is 1.86. The molecule has 2 aromatic rings. The molecule has 1 amide bonds. The molecule has 0 spiro atoms. The molecule has 1 atom stereocenters. The van der Waals surface area contributed by atoms with Gasteiger partial charge in [-0.1, -0.05) is 6.07 Å². The number of piperidine rings is 1. The van der Waals surface area contributed by atoms with Crippen LogP contribution < -0.4 is 0 Å². The number of β-amino-alcohol motifs (C(OH)–C–C–N with tert-alkyl or cyclic N) is 1. The number of likely N-dealkylation sites (tertiary alicyclic amines) is 1. The number of amides is 1. The number of hydrogen-bond donors (Lipinski definition) is 2. The zero-order chi connectivity index (χ0) is 12.5. The van der Waals surface area contributed by atoms with Crippen molar-refractivity contribution in [2.75, 3.05) is 13.1 Å². The van der Waals surface area contributed by atoms with E-state index in [0.717, 1.165) is 30.3 Å².